The van der Waals surface area contributed by atoms with Crippen LogP contribution in [-0.4, -0.2) is 36.9 Å². The molecule has 2 aromatic rings. The Morgan fingerprint density at radius 1 is 1.04 bits per heavy atom. The average Bonchev–Trinajstić information content (AvgIpc) is 2.69. The van der Waals surface area contributed by atoms with Crippen molar-refractivity contribution in [3.05, 3.63) is 65.7 Å². The number of nitrogens with two attached hydrogens (primary N) is 1. The molecule has 0 saturated carbocycles. The molecule has 1 aliphatic heterocycles. The highest BCUT2D eigenvalue weighted by atomic mass is 16.5. The smallest absolute Gasteiger partial charge is 0.105 e. The Balaban J connectivity index is 1.87. The van der Waals surface area contributed by atoms with E-state index in [1.54, 1.807) is 0 Å². The molecule has 27 heavy (non-hydrogen) atoms. The van der Waals surface area contributed by atoms with Crippen LogP contribution in [0.25, 0.3) is 0 Å². The number of aliphatic hydroxyl groups is 1. The van der Waals surface area contributed by atoms with Crippen molar-refractivity contribution in [3.63, 3.8) is 0 Å². The molecule has 2 aromatic carbocycles. The third-order valence-electron chi connectivity index (χ3n) is 6.08. The highest BCUT2D eigenvalue weighted by molar-refractivity contribution is 5.49. The minimum atomic E-state index is -1.15. The van der Waals surface area contributed by atoms with Crippen LogP contribution in [0.4, 0.5) is 5.69 Å². The number of nitrogens with zero attached hydrogens (tertiary/aromatic N) is 1. The molecule has 1 aliphatic rings. The number of anilines is 1. The lowest BCUT2D eigenvalue weighted by Gasteiger charge is -2.46. The summed E-state index contributed by atoms with van der Waals surface area (Å²) in [4.78, 5) is 2.31. The molecule has 0 spiro atoms. The van der Waals surface area contributed by atoms with Crippen molar-refractivity contribution in [3.8, 4) is 0 Å². The molecule has 2 unspecified atom stereocenters. The van der Waals surface area contributed by atoms with Crippen molar-refractivity contribution in [2.75, 3.05) is 31.2 Å². The standard InChI is InChI=1S/C23H32N2O2/c1-18(2)23(24,17-19-7-5-4-6-8-19)22(3,26)20-9-11-21(12-10-20)25-13-15-27-16-14-25/h4-12,18,26H,13-17,24H2,1-3H3. The Morgan fingerprint density at radius 3 is 2.19 bits per heavy atom. The Labute approximate surface area is 163 Å². The summed E-state index contributed by atoms with van der Waals surface area (Å²) in [6, 6.07) is 18.4. The van der Waals surface area contributed by atoms with Crippen LogP contribution in [0.1, 0.15) is 31.9 Å². The van der Waals surface area contributed by atoms with Gasteiger partial charge in [0.2, 0.25) is 0 Å². The highest BCUT2D eigenvalue weighted by Gasteiger charge is 2.47. The van der Waals surface area contributed by atoms with E-state index in [1.165, 1.54) is 0 Å². The molecular formula is C23H32N2O2. The lowest BCUT2D eigenvalue weighted by Crippen LogP contribution is -2.62. The van der Waals surface area contributed by atoms with Crippen molar-refractivity contribution in [2.45, 2.75) is 38.3 Å². The predicted octanol–water partition coefficient (Wildman–Crippen LogP) is 3.33. The Hall–Kier alpha value is -1.88. The van der Waals surface area contributed by atoms with Crippen LogP contribution in [0.2, 0.25) is 0 Å². The van der Waals surface area contributed by atoms with Crippen LogP contribution in [0.5, 0.6) is 0 Å². The summed E-state index contributed by atoms with van der Waals surface area (Å²) in [6.07, 6.45) is 0.615. The summed E-state index contributed by atoms with van der Waals surface area (Å²) < 4.78 is 5.43. The molecule has 0 amide bonds. The van der Waals surface area contributed by atoms with Gasteiger partial charge in [-0.1, -0.05) is 56.3 Å². The Kier molecular flexibility index (Phi) is 5.89. The molecule has 0 bridgehead atoms. The quantitative estimate of drug-likeness (QED) is 0.821. The first-order valence-electron chi connectivity index (χ1n) is 9.83. The maximum atomic E-state index is 11.6. The second-order valence-corrected chi connectivity index (χ2v) is 8.08. The van der Waals surface area contributed by atoms with Gasteiger partial charge in [0.05, 0.1) is 18.8 Å². The fraction of sp³-hybridized carbons (Fsp3) is 0.478. The molecular weight excluding hydrogens is 336 g/mol. The molecule has 3 rings (SSSR count). The van der Waals surface area contributed by atoms with Crippen LogP contribution < -0.4 is 10.6 Å². The summed E-state index contributed by atoms with van der Waals surface area (Å²) in [7, 11) is 0. The summed E-state index contributed by atoms with van der Waals surface area (Å²) in [5, 5.41) is 11.6. The van der Waals surface area contributed by atoms with E-state index < -0.39 is 11.1 Å². The van der Waals surface area contributed by atoms with Gasteiger partial charge in [0.15, 0.2) is 0 Å². The number of ether oxygens (including phenoxy) is 1. The molecule has 0 radical (unpaired) electrons. The van der Waals surface area contributed by atoms with Gasteiger partial charge < -0.3 is 20.5 Å². The van der Waals surface area contributed by atoms with Crippen molar-refractivity contribution >= 4 is 5.69 Å². The summed E-state index contributed by atoms with van der Waals surface area (Å²) in [5.41, 5.74) is 8.10. The van der Waals surface area contributed by atoms with Crippen LogP contribution in [0.3, 0.4) is 0 Å². The first-order chi connectivity index (χ1) is 12.8. The topological polar surface area (TPSA) is 58.7 Å². The number of benzene rings is 2. The van der Waals surface area contributed by atoms with E-state index in [9.17, 15) is 5.11 Å². The van der Waals surface area contributed by atoms with Crippen LogP contribution in [-0.2, 0) is 16.8 Å². The lowest BCUT2D eigenvalue weighted by atomic mass is 9.67. The monoisotopic (exact) mass is 368 g/mol. The second kappa shape index (κ2) is 8.01. The van der Waals surface area contributed by atoms with Gasteiger partial charge in [-0.15, -0.1) is 0 Å². The number of morpholine rings is 1. The summed E-state index contributed by atoms with van der Waals surface area (Å²) >= 11 is 0. The minimum Gasteiger partial charge on any atom is -0.384 e. The van der Waals surface area contributed by atoms with Crippen LogP contribution in [0.15, 0.2) is 54.6 Å². The van der Waals surface area contributed by atoms with Gasteiger partial charge in [-0.3, -0.25) is 0 Å². The second-order valence-electron chi connectivity index (χ2n) is 8.08. The number of rotatable bonds is 6. The molecule has 4 nitrogen and oxygen atoms in total. The average molecular weight is 369 g/mol. The lowest BCUT2D eigenvalue weighted by molar-refractivity contribution is -0.0467. The van der Waals surface area contributed by atoms with E-state index in [0.717, 1.165) is 43.1 Å². The van der Waals surface area contributed by atoms with Gasteiger partial charge in [-0.25, -0.2) is 0 Å². The normalized spacial score (nSPS) is 19.6. The van der Waals surface area contributed by atoms with E-state index in [0.29, 0.717) is 6.42 Å². The fourth-order valence-corrected chi connectivity index (χ4v) is 3.96. The number of hydrogen-bond donors (Lipinski definition) is 2. The maximum absolute atomic E-state index is 11.6. The molecule has 2 atom stereocenters. The van der Waals surface area contributed by atoms with E-state index in [1.807, 2.05) is 37.3 Å². The zero-order chi connectivity index (χ0) is 19.5. The van der Waals surface area contributed by atoms with E-state index in [2.05, 4.69) is 43.0 Å². The van der Waals surface area contributed by atoms with E-state index in [-0.39, 0.29) is 5.92 Å². The Bertz CT molecular complexity index is 722. The van der Waals surface area contributed by atoms with Crippen LogP contribution in [0, 0.1) is 5.92 Å². The van der Waals surface area contributed by atoms with E-state index in [4.69, 9.17) is 10.5 Å². The molecule has 0 aromatic heterocycles. The van der Waals surface area contributed by atoms with E-state index >= 15 is 0 Å². The van der Waals surface area contributed by atoms with Gasteiger partial charge >= 0.3 is 0 Å². The largest absolute Gasteiger partial charge is 0.384 e. The van der Waals surface area contributed by atoms with Crippen molar-refractivity contribution in [1.82, 2.24) is 0 Å². The summed E-state index contributed by atoms with van der Waals surface area (Å²) in [6.45, 7) is 9.33. The molecule has 1 saturated heterocycles. The van der Waals surface area contributed by atoms with Gasteiger partial charge in [0.1, 0.15) is 5.60 Å². The fourth-order valence-electron chi connectivity index (χ4n) is 3.96. The van der Waals surface area contributed by atoms with Gasteiger partial charge in [-0.05, 0) is 42.5 Å². The molecule has 146 valence electrons. The van der Waals surface area contributed by atoms with Crippen molar-refractivity contribution in [1.29, 1.82) is 0 Å². The van der Waals surface area contributed by atoms with Crippen molar-refractivity contribution < 1.29 is 9.84 Å². The predicted molar refractivity (Wildman–Crippen MR) is 111 cm³/mol. The molecule has 0 aliphatic carbocycles. The number of hydrogen-bond acceptors (Lipinski definition) is 4. The first kappa shape index (κ1) is 19.9. The van der Waals surface area contributed by atoms with Crippen molar-refractivity contribution in [2.24, 2.45) is 11.7 Å². The Morgan fingerprint density at radius 2 is 1.63 bits per heavy atom. The van der Waals surface area contributed by atoms with Gasteiger partial charge in [-0.2, -0.15) is 0 Å². The SMILES string of the molecule is CC(C)C(N)(Cc1ccccc1)C(C)(O)c1ccc(N2CCOCC2)cc1. The first-order valence-corrected chi connectivity index (χ1v) is 9.83. The molecule has 1 fully saturated rings. The summed E-state index contributed by atoms with van der Waals surface area (Å²) in [5.74, 6) is 0.103. The van der Waals surface area contributed by atoms with Crippen LogP contribution >= 0.6 is 0 Å². The third-order valence-corrected chi connectivity index (χ3v) is 6.08. The zero-order valence-corrected chi connectivity index (χ0v) is 16.7. The van der Waals surface area contributed by atoms with Gasteiger partial charge in [0, 0.05) is 18.8 Å². The minimum absolute atomic E-state index is 0.103. The van der Waals surface area contributed by atoms with Gasteiger partial charge in [0.25, 0.3) is 0 Å². The molecule has 4 heteroatoms. The maximum Gasteiger partial charge on any atom is 0.105 e. The molecule has 1 heterocycles. The highest BCUT2D eigenvalue weighted by Crippen LogP contribution is 2.39. The zero-order valence-electron chi connectivity index (χ0n) is 16.7. The third kappa shape index (κ3) is 4.03. The molecule has 3 N–H and O–H groups in total.